The minimum Gasteiger partial charge on any atom is -0.306 e. The van der Waals surface area contributed by atoms with Gasteiger partial charge in [0.2, 0.25) is 0 Å². The second-order valence-corrected chi connectivity index (χ2v) is 5.64. The summed E-state index contributed by atoms with van der Waals surface area (Å²) in [5.74, 6) is -3.27. The Bertz CT molecular complexity index is 764. The first kappa shape index (κ1) is 17.8. The molecule has 1 aromatic heterocycles. The number of carbonyl (C=O) groups is 2. The van der Waals surface area contributed by atoms with Gasteiger partial charge in [-0.05, 0) is 36.0 Å². The topological polar surface area (TPSA) is 59.1 Å². The zero-order valence-electron chi connectivity index (χ0n) is 13.2. The van der Waals surface area contributed by atoms with Gasteiger partial charge in [0.25, 0.3) is 5.91 Å². The summed E-state index contributed by atoms with van der Waals surface area (Å²) in [4.78, 5) is 28.0. The fourth-order valence-electron chi connectivity index (χ4n) is 1.97. The number of halogens is 2. The lowest BCUT2D eigenvalue weighted by molar-refractivity contribution is 0.0967. The molecule has 1 atom stereocenters. The lowest BCUT2D eigenvalue weighted by atomic mass is 9.73. The van der Waals surface area contributed by atoms with Gasteiger partial charge < -0.3 is 5.32 Å². The summed E-state index contributed by atoms with van der Waals surface area (Å²) in [7, 11) is 5.80. The van der Waals surface area contributed by atoms with E-state index in [4.69, 9.17) is 7.85 Å². The Morgan fingerprint density at radius 2 is 1.88 bits per heavy atom. The summed E-state index contributed by atoms with van der Waals surface area (Å²) in [6.45, 7) is 3.67. The second-order valence-electron chi connectivity index (χ2n) is 5.64. The van der Waals surface area contributed by atoms with Crippen molar-refractivity contribution in [1.29, 1.82) is 0 Å². The van der Waals surface area contributed by atoms with E-state index in [1.807, 2.05) is 13.8 Å². The average Bonchev–Trinajstić information content (AvgIpc) is 2.53. The molecule has 0 fully saturated rings. The lowest BCUT2D eigenvalue weighted by Gasteiger charge is -2.14. The highest BCUT2D eigenvalue weighted by molar-refractivity contribution is 6.28. The maximum atomic E-state index is 13.6. The van der Waals surface area contributed by atoms with E-state index in [2.05, 4.69) is 10.3 Å². The van der Waals surface area contributed by atoms with Gasteiger partial charge in [-0.1, -0.05) is 13.8 Å². The molecule has 0 spiro atoms. The van der Waals surface area contributed by atoms with Gasteiger partial charge in [0.15, 0.2) is 5.78 Å². The second kappa shape index (κ2) is 7.34. The number of hydrogen-bond acceptors (Lipinski definition) is 3. The Kier molecular flexibility index (Phi) is 5.44. The van der Waals surface area contributed by atoms with Crippen LogP contribution in [-0.2, 0) is 0 Å². The van der Waals surface area contributed by atoms with Crippen molar-refractivity contribution in [2.45, 2.75) is 19.7 Å². The highest BCUT2D eigenvalue weighted by Crippen LogP contribution is 2.20. The molecule has 2 radical (unpaired) electrons. The molecule has 2 rings (SSSR count). The van der Waals surface area contributed by atoms with Gasteiger partial charge in [-0.25, -0.2) is 13.8 Å². The Hall–Kier alpha value is -2.57. The summed E-state index contributed by atoms with van der Waals surface area (Å²) in [6.07, 6.45) is 1.29. The first-order valence-corrected chi connectivity index (χ1v) is 7.32. The van der Waals surface area contributed by atoms with Gasteiger partial charge in [0.1, 0.15) is 17.5 Å². The smallest absolute Gasteiger partial charge is 0.259 e. The predicted molar refractivity (Wildman–Crippen MR) is 87.2 cm³/mol. The number of benzene rings is 1. The van der Waals surface area contributed by atoms with Crippen LogP contribution in [0.15, 0.2) is 36.5 Å². The highest BCUT2D eigenvalue weighted by atomic mass is 19.1. The van der Waals surface area contributed by atoms with E-state index >= 15 is 0 Å². The van der Waals surface area contributed by atoms with E-state index in [0.717, 1.165) is 12.1 Å². The van der Waals surface area contributed by atoms with Crippen molar-refractivity contribution in [2.75, 3.05) is 5.32 Å². The van der Waals surface area contributed by atoms with E-state index in [9.17, 15) is 18.4 Å². The minimum absolute atomic E-state index is 0.0154. The molecule has 1 amide bonds. The summed E-state index contributed by atoms with van der Waals surface area (Å²) in [6, 6.07) is 5.55. The molecule has 7 heteroatoms. The molecule has 0 saturated carbocycles. The van der Waals surface area contributed by atoms with Crippen molar-refractivity contribution in [3.63, 3.8) is 0 Å². The molecule has 0 aliphatic rings. The molecule has 2 aromatic rings. The van der Waals surface area contributed by atoms with Crippen LogP contribution < -0.4 is 5.32 Å². The number of hydrogen-bond donors (Lipinski definition) is 1. The van der Waals surface area contributed by atoms with E-state index in [1.54, 1.807) is 0 Å². The molecule has 1 heterocycles. The van der Waals surface area contributed by atoms with Crippen molar-refractivity contribution in [2.24, 2.45) is 5.92 Å². The van der Waals surface area contributed by atoms with Gasteiger partial charge >= 0.3 is 0 Å². The van der Waals surface area contributed by atoms with Crippen molar-refractivity contribution in [3.05, 3.63) is 59.3 Å². The van der Waals surface area contributed by atoms with Crippen LogP contribution in [0.5, 0.6) is 0 Å². The number of rotatable bonds is 5. The first-order valence-electron chi connectivity index (χ1n) is 7.32. The molecular weight excluding hydrogens is 313 g/mol. The third kappa shape index (κ3) is 4.04. The molecular formula is C17H15BF2N2O2. The van der Waals surface area contributed by atoms with Gasteiger partial charge in [-0.2, -0.15) is 0 Å². The van der Waals surface area contributed by atoms with Gasteiger partial charge in [-0.3, -0.25) is 9.59 Å². The van der Waals surface area contributed by atoms with Crippen LogP contribution >= 0.6 is 0 Å². The molecule has 1 N–H and O–H groups in total. The Morgan fingerprint density at radius 1 is 1.17 bits per heavy atom. The van der Waals surface area contributed by atoms with E-state index in [0.29, 0.717) is 11.6 Å². The fourth-order valence-corrected chi connectivity index (χ4v) is 1.97. The number of carbonyl (C=O) groups excluding carboxylic acids is 2. The molecule has 122 valence electrons. The Morgan fingerprint density at radius 3 is 2.42 bits per heavy atom. The maximum Gasteiger partial charge on any atom is 0.259 e. The molecule has 24 heavy (non-hydrogen) atoms. The summed E-state index contributed by atoms with van der Waals surface area (Å²) < 4.78 is 26.4. The van der Waals surface area contributed by atoms with E-state index in [-0.39, 0.29) is 23.1 Å². The van der Waals surface area contributed by atoms with E-state index in [1.165, 1.54) is 18.3 Å². The standard InChI is InChI=1S/C17H15BF2N2O2/c1-9(2)15(18)16(23)10-3-6-14(21-8-10)22-17(24)12-5-4-11(19)7-13(12)20/h3-9,15H,1-2H3,(H,21,22,24). The van der Waals surface area contributed by atoms with Gasteiger partial charge in [0.05, 0.1) is 13.4 Å². The van der Waals surface area contributed by atoms with E-state index < -0.39 is 23.4 Å². The highest BCUT2D eigenvalue weighted by Gasteiger charge is 2.18. The normalized spacial score (nSPS) is 12.0. The molecule has 0 aliphatic carbocycles. The number of nitrogens with zero attached hydrogens (tertiary/aromatic N) is 1. The van der Waals surface area contributed by atoms with Gasteiger partial charge in [0, 0.05) is 17.8 Å². The number of aromatic nitrogens is 1. The zero-order chi connectivity index (χ0) is 17.9. The number of pyridine rings is 1. The van der Waals surface area contributed by atoms with Crippen LogP contribution in [0.25, 0.3) is 0 Å². The molecule has 0 aliphatic heterocycles. The molecule has 0 saturated heterocycles. The Balaban J connectivity index is 2.11. The lowest BCUT2D eigenvalue weighted by Crippen LogP contribution is -2.17. The summed E-state index contributed by atoms with van der Waals surface area (Å²) in [5.41, 5.74) is 0.0161. The number of Topliss-reactive ketones (excluding diaryl/α,β-unsaturated/α-hetero) is 1. The van der Waals surface area contributed by atoms with Crippen molar-refractivity contribution in [3.8, 4) is 0 Å². The predicted octanol–water partition coefficient (Wildman–Crippen LogP) is 3.41. The number of amides is 1. The third-order valence-electron chi connectivity index (χ3n) is 3.49. The first-order chi connectivity index (χ1) is 11.3. The Labute approximate surface area is 139 Å². The van der Waals surface area contributed by atoms with Crippen LogP contribution in [-0.4, -0.2) is 24.5 Å². The number of ketones is 1. The van der Waals surface area contributed by atoms with Crippen LogP contribution in [0.1, 0.15) is 34.6 Å². The SMILES string of the molecule is [B]C(C(=O)c1ccc(NC(=O)c2ccc(F)cc2F)nc1)C(C)C. The van der Waals surface area contributed by atoms with Crippen LogP contribution in [0.3, 0.4) is 0 Å². The fraction of sp³-hybridized carbons (Fsp3) is 0.235. The quantitative estimate of drug-likeness (QED) is 0.676. The summed E-state index contributed by atoms with van der Waals surface area (Å²) in [5, 5.41) is 2.38. The van der Waals surface area contributed by atoms with Gasteiger partial charge in [-0.15, -0.1) is 0 Å². The number of anilines is 1. The average molecular weight is 328 g/mol. The van der Waals surface area contributed by atoms with Crippen molar-refractivity contribution >= 4 is 25.4 Å². The van der Waals surface area contributed by atoms with Crippen LogP contribution in [0, 0.1) is 17.6 Å². The monoisotopic (exact) mass is 328 g/mol. The maximum absolute atomic E-state index is 13.6. The molecule has 0 bridgehead atoms. The van der Waals surface area contributed by atoms with Crippen molar-refractivity contribution in [1.82, 2.24) is 4.98 Å². The van der Waals surface area contributed by atoms with Crippen LogP contribution in [0.4, 0.5) is 14.6 Å². The van der Waals surface area contributed by atoms with Crippen LogP contribution in [0.2, 0.25) is 5.82 Å². The van der Waals surface area contributed by atoms with Crippen molar-refractivity contribution < 1.29 is 18.4 Å². The molecule has 4 nitrogen and oxygen atoms in total. The number of nitrogens with one attached hydrogen (secondary N) is 1. The minimum atomic E-state index is -0.970. The zero-order valence-corrected chi connectivity index (χ0v) is 13.2. The largest absolute Gasteiger partial charge is 0.306 e. The molecule has 1 unspecified atom stereocenters. The summed E-state index contributed by atoms with van der Waals surface area (Å²) >= 11 is 0. The molecule has 1 aromatic carbocycles. The third-order valence-corrected chi connectivity index (χ3v) is 3.49.